The number of carbonyl (C=O) groups excluding carboxylic acids is 1. The number of benzene rings is 1. The molecule has 0 amide bonds. The lowest BCUT2D eigenvalue weighted by atomic mass is 10.2. The molecule has 0 spiro atoms. The molecule has 1 aromatic carbocycles. The zero-order valence-electron chi connectivity index (χ0n) is 13.1. The lowest BCUT2D eigenvalue weighted by Crippen LogP contribution is -2.23. The Bertz CT molecular complexity index is 961. The number of fused-ring (bicyclic) bond motifs is 1. The number of hydrogen-bond donors (Lipinski definition) is 0. The number of rotatable bonds is 3. The third kappa shape index (κ3) is 2.16. The summed E-state index contributed by atoms with van der Waals surface area (Å²) in [4.78, 5) is 28.9. The smallest absolute Gasteiger partial charge is 0.343 e. The molecule has 0 fully saturated rings. The van der Waals surface area contributed by atoms with Crippen molar-refractivity contribution in [1.82, 2.24) is 19.3 Å². The molecule has 0 saturated carbocycles. The van der Waals surface area contributed by atoms with Crippen LogP contribution in [0.5, 0.6) is 0 Å². The molecule has 0 saturated heterocycles. The van der Waals surface area contributed by atoms with E-state index in [1.165, 1.54) is 10.9 Å². The average Bonchev–Trinajstić information content (AvgIpc) is 2.89. The second kappa shape index (κ2) is 5.44. The molecule has 7 nitrogen and oxygen atoms in total. The summed E-state index contributed by atoms with van der Waals surface area (Å²) in [6.07, 6.45) is 1.04. The van der Waals surface area contributed by atoms with E-state index in [0.29, 0.717) is 10.9 Å². The summed E-state index contributed by atoms with van der Waals surface area (Å²) in [5.41, 5.74) is 0.107. The fraction of sp³-hybridized carbons (Fsp3) is 0.200. The molecule has 112 valence electrons. The van der Waals surface area contributed by atoms with Crippen molar-refractivity contribution < 1.29 is 10.9 Å². The average molecular weight is 299 g/mol. The van der Waals surface area contributed by atoms with Crippen molar-refractivity contribution in [3.05, 3.63) is 52.7 Å². The van der Waals surface area contributed by atoms with Crippen LogP contribution in [0, 0.1) is 0 Å². The summed E-state index contributed by atoms with van der Waals surface area (Å²) >= 11 is 0. The van der Waals surface area contributed by atoms with Gasteiger partial charge in [0.2, 0.25) is 0 Å². The van der Waals surface area contributed by atoms with Crippen molar-refractivity contribution in [3.63, 3.8) is 0 Å². The van der Waals surface area contributed by atoms with Crippen LogP contribution in [0.3, 0.4) is 0 Å². The van der Waals surface area contributed by atoms with Gasteiger partial charge in [-0.1, -0.05) is 12.1 Å². The van der Waals surface area contributed by atoms with Crippen molar-refractivity contribution in [2.24, 2.45) is 7.05 Å². The zero-order chi connectivity index (χ0) is 16.6. The highest BCUT2D eigenvalue weighted by molar-refractivity contribution is 5.92. The van der Waals surface area contributed by atoms with Crippen molar-refractivity contribution in [3.8, 4) is 5.82 Å². The molecule has 2 heterocycles. The van der Waals surface area contributed by atoms with Gasteiger partial charge in [-0.15, -0.1) is 0 Å². The summed E-state index contributed by atoms with van der Waals surface area (Å²) in [6.45, 7) is 1.89. The Morgan fingerprint density at radius 1 is 1.41 bits per heavy atom. The zero-order valence-corrected chi connectivity index (χ0v) is 12.1. The van der Waals surface area contributed by atoms with Crippen LogP contribution >= 0.6 is 0 Å². The Kier molecular flexibility index (Phi) is 3.15. The number of aromatic nitrogens is 4. The molecule has 0 atom stereocenters. The molecular weight excluding hydrogens is 284 g/mol. The minimum atomic E-state index is -0.602. The van der Waals surface area contributed by atoms with Crippen LogP contribution in [0.1, 0.15) is 18.7 Å². The summed E-state index contributed by atoms with van der Waals surface area (Å²) in [7, 11) is 1.58. The van der Waals surface area contributed by atoms with Crippen LogP contribution in [0.2, 0.25) is 0 Å². The van der Waals surface area contributed by atoms with Crippen LogP contribution in [0.4, 0.5) is 0 Å². The number of ether oxygens (including phenoxy) is 1. The second-order valence-corrected chi connectivity index (χ2v) is 4.60. The topological polar surface area (TPSA) is 79.0 Å². The maximum Gasteiger partial charge on any atom is 0.343 e. The van der Waals surface area contributed by atoms with Crippen LogP contribution in [0.25, 0.3) is 16.7 Å². The molecule has 0 aliphatic carbocycles. The van der Waals surface area contributed by atoms with Crippen LogP contribution in [0.15, 0.2) is 41.6 Å². The van der Waals surface area contributed by atoms with Gasteiger partial charge in [-0.2, -0.15) is 5.10 Å². The Morgan fingerprint density at radius 2 is 2.18 bits per heavy atom. The Labute approximate surface area is 127 Å². The lowest BCUT2D eigenvalue weighted by molar-refractivity contribution is 0.0526. The van der Waals surface area contributed by atoms with Gasteiger partial charge in [-0.05, 0) is 19.1 Å². The fourth-order valence-corrected chi connectivity index (χ4v) is 2.21. The van der Waals surface area contributed by atoms with Gasteiger partial charge in [0.25, 0.3) is 5.56 Å². The van der Waals surface area contributed by atoms with Gasteiger partial charge in [0.15, 0.2) is 5.82 Å². The number of hydrogen-bond acceptors (Lipinski definition) is 5. The standard InChI is InChI=1S/C15H14N4O3/c1-3-22-15(21)11-8-17-18(2)13(11)19-9-16-12-7-5-4-6-10(12)14(19)20/h4-9H,3H2,1-2H3/i9D. The minimum Gasteiger partial charge on any atom is -0.462 e. The molecule has 3 aromatic rings. The molecule has 2 aromatic heterocycles. The van der Waals surface area contributed by atoms with Gasteiger partial charge in [0.1, 0.15) is 13.2 Å². The van der Waals surface area contributed by atoms with E-state index < -0.39 is 11.5 Å². The van der Waals surface area contributed by atoms with Gasteiger partial charge in [-0.3, -0.25) is 9.48 Å². The minimum absolute atomic E-state index is 0.113. The number of nitrogens with zero attached hydrogens (tertiary/aromatic N) is 4. The Balaban J connectivity index is 2.32. The molecule has 0 aliphatic heterocycles. The summed E-state index contributed by atoms with van der Waals surface area (Å²) in [5.74, 6) is -0.438. The highest BCUT2D eigenvalue weighted by atomic mass is 16.5. The molecule has 0 unspecified atom stereocenters. The van der Waals surface area contributed by atoms with Crippen LogP contribution < -0.4 is 5.56 Å². The van der Waals surface area contributed by atoms with Gasteiger partial charge in [-0.25, -0.2) is 14.3 Å². The fourth-order valence-electron chi connectivity index (χ4n) is 2.21. The largest absolute Gasteiger partial charge is 0.462 e. The molecule has 0 N–H and O–H groups in total. The molecule has 3 rings (SSSR count). The third-order valence-electron chi connectivity index (χ3n) is 3.22. The molecule has 22 heavy (non-hydrogen) atoms. The van der Waals surface area contributed by atoms with E-state index in [-0.39, 0.29) is 24.3 Å². The summed E-state index contributed by atoms with van der Waals surface area (Å²) in [6, 6.07) is 6.75. The number of para-hydroxylation sites is 1. The highest BCUT2D eigenvalue weighted by Crippen LogP contribution is 2.14. The van der Waals surface area contributed by atoms with Crippen molar-refractivity contribution in [2.45, 2.75) is 6.92 Å². The van der Waals surface area contributed by atoms with E-state index in [1.807, 2.05) is 0 Å². The van der Waals surface area contributed by atoms with Crippen molar-refractivity contribution in [1.29, 1.82) is 0 Å². The van der Waals surface area contributed by atoms with Gasteiger partial charge >= 0.3 is 5.97 Å². The van der Waals surface area contributed by atoms with Crippen molar-refractivity contribution >= 4 is 16.9 Å². The monoisotopic (exact) mass is 299 g/mol. The normalized spacial score (nSPS) is 11.5. The molecule has 7 heteroatoms. The summed E-state index contributed by atoms with van der Waals surface area (Å²) < 4.78 is 15.5. The maximum absolute atomic E-state index is 12.7. The maximum atomic E-state index is 12.7. The Hall–Kier alpha value is -2.96. The highest BCUT2D eigenvalue weighted by Gasteiger charge is 2.20. The quantitative estimate of drug-likeness (QED) is 0.681. The van der Waals surface area contributed by atoms with Gasteiger partial charge in [0, 0.05) is 7.05 Å². The first-order valence-electron chi connectivity index (χ1n) is 7.22. The Morgan fingerprint density at radius 3 is 2.95 bits per heavy atom. The SMILES string of the molecule is [2H]c1nc2ccccc2c(=O)n1-c1c(C(=O)OCC)cnn1C. The van der Waals surface area contributed by atoms with E-state index in [4.69, 9.17) is 6.11 Å². The van der Waals surface area contributed by atoms with E-state index >= 15 is 0 Å². The predicted octanol–water partition coefficient (Wildman–Crippen LogP) is 1.30. The van der Waals surface area contributed by atoms with E-state index in [2.05, 4.69) is 10.1 Å². The first kappa shape index (κ1) is 12.8. The number of carbonyl (C=O) groups is 1. The van der Waals surface area contributed by atoms with E-state index in [1.54, 1.807) is 38.2 Å². The molecular formula is C15H14N4O3. The second-order valence-electron chi connectivity index (χ2n) is 4.60. The number of esters is 1. The van der Waals surface area contributed by atoms with Crippen LogP contribution in [-0.4, -0.2) is 31.9 Å². The molecule has 0 bridgehead atoms. The van der Waals surface area contributed by atoms with Crippen LogP contribution in [-0.2, 0) is 11.8 Å². The van der Waals surface area contributed by atoms with E-state index in [9.17, 15) is 9.59 Å². The summed E-state index contributed by atoms with van der Waals surface area (Å²) in [5, 5.41) is 4.36. The first-order chi connectivity index (χ1) is 11.0. The lowest BCUT2D eigenvalue weighted by Gasteiger charge is -2.09. The number of aryl methyl sites for hydroxylation is 1. The predicted molar refractivity (Wildman–Crippen MR) is 80.1 cm³/mol. The van der Waals surface area contributed by atoms with E-state index in [0.717, 1.165) is 4.57 Å². The molecule has 0 radical (unpaired) electrons. The first-order valence-corrected chi connectivity index (χ1v) is 6.72. The third-order valence-corrected chi connectivity index (χ3v) is 3.22. The molecule has 0 aliphatic rings. The van der Waals surface area contributed by atoms with Gasteiger partial charge in [0.05, 0.1) is 23.7 Å². The van der Waals surface area contributed by atoms with Crippen molar-refractivity contribution in [2.75, 3.05) is 6.61 Å². The van der Waals surface area contributed by atoms with Gasteiger partial charge < -0.3 is 4.74 Å².